The maximum Gasteiger partial charge on any atom is 0.304 e. The van der Waals surface area contributed by atoms with Gasteiger partial charge in [-0.25, -0.2) is 0 Å². The molecule has 3 aromatic carbocycles. The predicted molar refractivity (Wildman–Crippen MR) is 127 cm³/mol. The van der Waals surface area contributed by atoms with E-state index in [0.717, 1.165) is 34.2 Å². The van der Waals surface area contributed by atoms with E-state index >= 15 is 0 Å². The molecule has 0 saturated heterocycles. The molecule has 0 spiro atoms. The number of aliphatic carboxylic acids is 1. The number of carbonyl (C=O) groups is 1. The van der Waals surface area contributed by atoms with Crippen LogP contribution in [0.2, 0.25) is 0 Å². The Morgan fingerprint density at radius 2 is 1.78 bits per heavy atom. The maximum atomic E-state index is 11.2. The van der Waals surface area contributed by atoms with Crippen molar-refractivity contribution in [2.45, 2.75) is 31.8 Å². The number of hydrogen-bond donors (Lipinski definition) is 2. The SMILES string of the molecule is CC#CC(CC(=O)O)c1ccc(O[C@@H](Cc2ccccc2)c2cccc3[nH]ccc23)cc1. The summed E-state index contributed by atoms with van der Waals surface area (Å²) in [5.41, 5.74) is 4.27. The van der Waals surface area contributed by atoms with E-state index in [1.807, 2.05) is 54.7 Å². The van der Waals surface area contributed by atoms with Gasteiger partial charge in [0.2, 0.25) is 0 Å². The van der Waals surface area contributed by atoms with Gasteiger partial charge >= 0.3 is 5.97 Å². The van der Waals surface area contributed by atoms with E-state index < -0.39 is 5.97 Å². The van der Waals surface area contributed by atoms with Crippen molar-refractivity contribution in [2.24, 2.45) is 0 Å². The lowest BCUT2D eigenvalue weighted by atomic mass is 9.96. The van der Waals surface area contributed by atoms with Gasteiger partial charge in [0.05, 0.1) is 12.3 Å². The summed E-state index contributed by atoms with van der Waals surface area (Å²) in [5.74, 6) is 5.37. The van der Waals surface area contributed by atoms with Gasteiger partial charge in [0.25, 0.3) is 0 Å². The number of carboxylic acid groups (broad SMARTS) is 1. The molecule has 160 valence electrons. The van der Waals surface area contributed by atoms with Crippen LogP contribution in [-0.4, -0.2) is 16.1 Å². The number of carboxylic acids is 1. The highest BCUT2D eigenvalue weighted by atomic mass is 16.5. The number of H-pyrrole nitrogens is 1. The lowest BCUT2D eigenvalue weighted by Gasteiger charge is -2.21. The summed E-state index contributed by atoms with van der Waals surface area (Å²) in [6.45, 7) is 1.72. The van der Waals surface area contributed by atoms with E-state index in [2.05, 4.69) is 47.2 Å². The molecule has 0 radical (unpaired) electrons. The molecule has 0 aliphatic rings. The molecule has 1 unspecified atom stereocenters. The summed E-state index contributed by atoms with van der Waals surface area (Å²) in [6.07, 6.45) is 2.48. The van der Waals surface area contributed by atoms with Crippen molar-refractivity contribution >= 4 is 16.9 Å². The normalized spacial score (nSPS) is 12.5. The van der Waals surface area contributed by atoms with Crippen LogP contribution in [0, 0.1) is 11.8 Å². The first-order valence-corrected chi connectivity index (χ1v) is 10.6. The van der Waals surface area contributed by atoms with Crippen LogP contribution < -0.4 is 4.74 Å². The summed E-state index contributed by atoms with van der Waals surface area (Å²) >= 11 is 0. The number of aromatic amines is 1. The number of hydrogen-bond acceptors (Lipinski definition) is 2. The number of aromatic nitrogens is 1. The molecule has 2 N–H and O–H groups in total. The second-order valence-electron chi connectivity index (χ2n) is 7.70. The molecule has 2 atom stereocenters. The van der Waals surface area contributed by atoms with Crippen molar-refractivity contribution in [3.63, 3.8) is 0 Å². The first-order valence-electron chi connectivity index (χ1n) is 10.6. The van der Waals surface area contributed by atoms with Crippen LogP contribution in [-0.2, 0) is 11.2 Å². The smallest absolute Gasteiger partial charge is 0.304 e. The molecular formula is C28H25NO3. The summed E-state index contributed by atoms with van der Waals surface area (Å²) in [6, 6.07) is 26.2. The average Bonchev–Trinajstić information content (AvgIpc) is 3.28. The molecular weight excluding hydrogens is 398 g/mol. The average molecular weight is 424 g/mol. The Morgan fingerprint density at radius 3 is 2.50 bits per heavy atom. The van der Waals surface area contributed by atoms with E-state index in [0.29, 0.717) is 0 Å². The van der Waals surface area contributed by atoms with Crippen molar-refractivity contribution in [1.29, 1.82) is 0 Å². The summed E-state index contributed by atoms with van der Waals surface area (Å²) in [5, 5.41) is 10.3. The lowest BCUT2D eigenvalue weighted by molar-refractivity contribution is -0.137. The fourth-order valence-electron chi connectivity index (χ4n) is 3.98. The van der Waals surface area contributed by atoms with Gasteiger partial charge in [-0.15, -0.1) is 5.92 Å². The molecule has 0 aliphatic carbocycles. The Balaban J connectivity index is 1.63. The fourth-order valence-corrected chi connectivity index (χ4v) is 3.98. The van der Waals surface area contributed by atoms with E-state index in [9.17, 15) is 9.90 Å². The Bertz CT molecular complexity index is 1250. The monoisotopic (exact) mass is 423 g/mol. The molecule has 1 heterocycles. The topological polar surface area (TPSA) is 62.3 Å². The highest BCUT2D eigenvalue weighted by Gasteiger charge is 2.19. The van der Waals surface area contributed by atoms with Crippen LogP contribution in [0.25, 0.3) is 10.9 Å². The van der Waals surface area contributed by atoms with Crippen LogP contribution >= 0.6 is 0 Å². The quantitative estimate of drug-likeness (QED) is 0.336. The summed E-state index contributed by atoms with van der Waals surface area (Å²) < 4.78 is 6.49. The molecule has 0 amide bonds. The Morgan fingerprint density at radius 1 is 1.00 bits per heavy atom. The van der Waals surface area contributed by atoms with Crippen LogP contribution in [0.15, 0.2) is 85.1 Å². The van der Waals surface area contributed by atoms with Crippen molar-refractivity contribution in [3.05, 3.63) is 102 Å². The first-order chi connectivity index (χ1) is 15.6. The van der Waals surface area contributed by atoms with Crippen LogP contribution in [0.3, 0.4) is 0 Å². The van der Waals surface area contributed by atoms with Gasteiger partial charge in [-0.2, -0.15) is 0 Å². The second-order valence-corrected chi connectivity index (χ2v) is 7.70. The number of rotatable bonds is 8. The Kier molecular flexibility index (Phi) is 6.57. The second kappa shape index (κ2) is 9.89. The number of fused-ring (bicyclic) bond motifs is 1. The molecule has 0 aliphatic heterocycles. The van der Waals surface area contributed by atoms with Gasteiger partial charge in [0.15, 0.2) is 0 Å². The van der Waals surface area contributed by atoms with E-state index in [1.165, 1.54) is 5.56 Å². The largest absolute Gasteiger partial charge is 0.485 e. The Hall–Kier alpha value is -3.97. The van der Waals surface area contributed by atoms with Crippen LogP contribution in [0.5, 0.6) is 5.75 Å². The van der Waals surface area contributed by atoms with Crippen molar-refractivity contribution in [1.82, 2.24) is 4.98 Å². The zero-order valence-corrected chi connectivity index (χ0v) is 17.9. The molecule has 1 aromatic heterocycles. The number of nitrogens with one attached hydrogen (secondary N) is 1. The molecule has 32 heavy (non-hydrogen) atoms. The highest BCUT2D eigenvalue weighted by molar-refractivity contribution is 5.83. The zero-order chi connectivity index (χ0) is 22.3. The van der Waals surface area contributed by atoms with Crippen molar-refractivity contribution in [2.75, 3.05) is 0 Å². The van der Waals surface area contributed by atoms with Gasteiger partial charge in [0, 0.05) is 29.1 Å². The van der Waals surface area contributed by atoms with Crippen LogP contribution in [0.4, 0.5) is 0 Å². The molecule has 0 saturated carbocycles. The highest BCUT2D eigenvalue weighted by Crippen LogP contribution is 2.31. The van der Waals surface area contributed by atoms with Crippen LogP contribution in [0.1, 0.15) is 42.1 Å². The van der Waals surface area contributed by atoms with Gasteiger partial charge in [-0.3, -0.25) is 4.79 Å². The Labute approximate surface area is 187 Å². The van der Waals surface area contributed by atoms with Gasteiger partial charge < -0.3 is 14.8 Å². The molecule has 0 bridgehead atoms. The van der Waals surface area contributed by atoms with E-state index in [1.54, 1.807) is 6.92 Å². The van der Waals surface area contributed by atoms with Crippen molar-refractivity contribution < 1.29 is 14.6 Å². The number of ether oxygens (including phenoxy) is 1. The van der Waals surface area contributed by atoms with Gasteiger partial charge in [0.1, 0.15) is 11.9 Å². The number of benzene rings is 3. The minimum atomic E-state index is -0.861. The third-order valence-electron chi connectivity index (χ3n) is 5.50. The first kappa shape index (κ1) is 21.3. The zero-order valence-electron chi connectivity index (χ0n) is 17.9. The minimum Gasteiger partial charge on any atom is -0.485 e. The van der Waals surface area contributed by atoms with E-state index in [4.69, 9.17) is 4.74 Å². The summed E-state index contributed by atoms with van der Waals surface area (Å²) in [7, 11) is 0. The molecule has 4 heteroatoms. The minimum absolute atomic E-state index is 0.0207. The molecule has 4 rings (SSSR count). The third kappa shape index (κ3) is 5.01. The van der Waals surface area contributed by atoms with E-state index in [-0.39, 0.29) is 18.4 Å². The third-order valence-corrected chi connectivity index (χ3v) is 5.50. The maximum absolute atomic E-state index is 11.2. The predicted octanol–water partition coefficient (Wildman–Crippen LogP) is 6.11. The fraction of sp³-hybridized carbons (Fsp3) is 0.179. The van der Waals surface area contributed by atoms with Gasteiger partial charge in [-0.05, 0) is 42.3 Å². The standard InChI is InChI=1S/C28H25NO3/c1-2-7-22(19-28(30)31)21-12-14-23(15-13-21)32-27(18-20-8-4-3-5-9-20)25-10-6-11-26-24(25)16-17-29-26/h3-6,8-17,22,27,29H,18-19H2,1H3,(H,30,31)/t22?,27-/m0/s1. The molecule has 4 nitrogen and oxygen atoms in total. The lowest BCUT2D eigenvalue weighted by Crippen LogP contribution is -2.11. The molecule has 4 aromatic rings. The van der Waals surface area contributed by atoms with Crippen molar-refractivity contribution in [3.8, 4) is 17.6 Å². The summed E-state index contributed by atoms with van der Waals surface area (Å²) in [4.78, 5) is 14.5. The molecule has 0 fully saturated rings. The van der Waals surface area contributed by atoms with Gasteiger partial charge in [-0.1, -0.05) is 60.5 Å².